The maximum atomic E-state index is 10.4. The van der Waals surface area contributed by atoms with Crippen LogP contribution in [0.2, 0.25) is 0 Å². The van der Waals surface area contributed by atoms with Gasteiger partial charge in [-0.25, -0.2) is 0 Å². The van der Waals surface area contributed by atoms with Gasteiger partial charge in [-0.15, -0.1) is 0 Å². The maximum absolute atomic E-state index is 10.4. The first-order valence-electron chi connectivity index (χ1n) is 6.60. The predicted molar refractivity (Wildman–Crippen MR) is 71.8 cm³/mol. The van der Waals surface area contributed by atoms with Crippen molar-refractivity contribution in [3.05, 3.63) is 40.4 Å². The Morgan fingerprint density at radius 2 is 2.29 bits per heavy atom. The molecule has 2 aliphatic rings. The van der Waals surface area contributed by atoms with E-state index in [-0.39, 0.29) is 5.41 Å². The molecule has 2 aliphatic carbocycles. The van der Waals surface area contributed by atoms with Gasteiger partial charge < -0.3 is 0 Å². The topological polar surface area (TPSA) is 29.4 Å². The Labute approximate surface area is 103 Å². The Morgan fingerprint density at radius 1 is 1.41 bits per heavy atom. The summed E-state index contributed by atoms with van der Waals surface area (Å²) < 4.78 is 0. The second kappa shape index (κ2) is 5.44. The van der Waals surface area contributed by atoms with Gasteiger partial charge in [0.25, 0.3) is 0 Å². The zero-order valence-corrected chi connectivity index (χ0v) is 10.6. The summed E-state index contributed by atoms with van der Waals surface area (Å²) in [6, 6.07) is 0. The molecule has 0 saturated heterocycles. The lowest BCUT2D eigenvalue weighted by molar-refractivity contribution is 0.319. The number of nitrogens with zero attached hydrogens (tertiary/aromatic N) is 1. The second-order valence-corrected chi connectivity index (χ2v) is 5.41. The lowest BCUT2D eigenvalue weighted by Gasteiger charge is -2.33. The molecule has 0 fully saturated rings. The van der Waals surface area contributed by atoms with Crippen molar-refractivity contribution in [3.8, 4) is 0 Å². The van der Waals surface area contributed by atoms with Crippen molar-refractivity contribution in [3.63, 3.8) is 0 Å². The Kier molecular flexibility index (Phi) is 3.93. The monoisotopic (exact) mass is 231 g/mol. The van der Waals surface area contributed by atoms with Crippen LogP contribution in [-0.2, 0) is 0 Å². The summed E-state index contributed by atoms with van der Waals surface area (Å²) in [6.07, 6.45) is 15.8. The minimum Gasteiger partial charge on any atom is -0.151 e. The lowest BCUT2D eigenvalue weighted by atomic mass is 9.72. The predicted octanol–water partition coefficient (Wildman–Crippen LogP) is 4.54. The Hall–Kier alpha value is -1.18. The fraction of sp³-hybridized carbons (Fsp3) is 0.600. The summed E-state index contributed by atoms with van der Waals surface area (Å²) in [5, 5.41) is 3.05. The quantitative estimate of drug-likeness (QED) is 0.656. The van der Waals surface area contributed by atoms with Crippen molar-refractivity contribution in [1.82, 2.24) is 0 Å². The van der Waals surface area contributed by atoms with Crippen LogP contribution in [0, 0.1) is 10.3 Å². The molecule has 0 radical (unpaired) electrons. The Balaban J connectivity index is 2.27. The van der Waals surface area contributed by atoms with E-state index in [0.717, 1.165) is 12.8 Å². The van der Waals surface area contributed by atoms with Gasteiger partial charge in [-0.1, -0.05) is 48.4 Å². The fourth-order valence-electron chi connectivity index (χ4n) is 2.88. The minimum absolute atomic E-state index is 0.169. The molecule has 0 aromatic carbocycles. The molecule has 2 nitrogen and oxygen atoms in total. The average molecular weight is 231 g/mol. The number of hydrogen-bond donors (Lipinski definition) is 0. The number of rotatable bonds is 3. The lowest BCUT2D eigenvalue weighted by Crippen LogP contribution is -2.22. The number of hydrogen-bond acceptors (Lipinski definition) is 2. The van der Waals surface area contributed by atoms with E-state index in [4.69, 9.17) is 0 Å². The molecule has 0 heterocycles. The molecule has 1 atom stereocenters. The molecule has 0 aliphatic heterocycles. The van der Waals surface area contributed by atoms with Crippen LogP contribution >= 0.6 is 0 Å². The molecule has 0 N–H and O–H groups in total. The molecule has 92 valence electrons. The van der Waals surface area contributed by atoms with Crippen LogP contribution in [0.25, 0.3) is 0 Å². The van der Waals surface area contributed by atoms with Crippen LogP contribution in [0.1, 0.15) is 45.4 Å². The number of allylic oxidation sites excluding steroid dienone is 6. The van der Waals surface area contributed by atoms with E-state index < -0.39 is 0 Å². The van der Waals surface area contributed by atoms with Crippen molar-refractivity contribution >= 4 is 0 Å². The molecule has 0 saturated carbocycles. The van der Waals surface area contributed by atoms with E-state index in [0.29, 0.717) is 6.54 Å². The molecule has 0 aromatic heterocycles. The van der Waals surface area contributed by atoms with Crippen molar-refractivity contribution in [2.24, 2.45) is 10.6 Å². The van der Waals surface area contributed by atoms with Crippen LogP contribution in [-0.4, -0.2) is 6.54 Å². The second-order valence-electron chi connectivity index (χ2n) is 5.41. The smallest absolute Gasteiger partial charge is 0.0819 e. The highest BCUT2D eigenvalue weighted by atomic mass is 16.3. The minimum atomic E-state index is 0.169. The SMILES string of the molecule is CC1(CCN=O)CCCCC2=CC=CCC1=C2. The standard InChI is InChI=1S/C15H21NO/c1-15(10-11-16-17)9-5-4-7-13-6-2-3-8-14(15)12-13/h2-3,6,12H,4-5,7-11H2,1H3. The van der Waals surface area contributed by atoms with Gasteiger partial charge in [0.1, 0.15) is 0 Å². The van der Waals surface area contributed by atoms with E-state index >= 15 is 0 Å². The molecular weight excluding hydrogens is 210 g/mol. The van der Waals surface area contributed by atoms with Gasteiger partial charge in [0.2, 0.25) is 0 Å². The van der Waals surface area contributed by atoms with Crippen LogP contribution in [0.3, 0.4) is 0 Å². The molecule has 0 amide bonds. The summed E-state index contributed by atoms with van der Waals surface area (Å²) in [6.45, 7) is 2.74. The van der Waals surface area contributed by atoms with Gasteiger partial charge in [0.05, 0.1) is 6.54 Å². The highest BCUT2D eigenvalue weighted by molar-refractivity contribution is 5.35. The van der Waals surface area contributed by atoms with Crippen LogP contribution < -0.4 is 0 Å². The molecule has 2 rings (SSSR count). The Bertz CT molecular complexity index is 378. The number of nitroso groups, excluding NO2 is 1. The molecule has 0 aromatic rings. The van der Waals surface area contributed by atoms with Gasteiger partial charge in [-0.05, 0) is 43.1 Å². The average Bonchev–Trinajstić information content (AvgIpc) is 2.57. The van der Waals surface area contributed by atoms with E-state index in [9.17, 15) is 4.91 Å². The molecule has 2 heteroatoms. The molecule has 1 unspecified atom stereocenters. The molecule has 0 spiro atoms. The normalized spacial score (nSPS) is 28.5. The number of fused-ring (bicyclic) bond motifs is 1. The first-order valence-corrected chi connectivity index (χ1v) is 6.60. The summed E-state index contributed by atoms with van der Waals surface area (Å²) in [5.74, 6) is 0. The van der Waals surface area contributed by atoms with Gasteiger partial charge in [0.15, 0.2) is 0 Å². The van der Waals surface area contributed by atoms with Crippen molar-refractivity contribution in [2.75, 3.05) is 6.54 Å². The highest BCUT2D eigenvalue weighted by Crippen LogP contribution is 2.42. The molecular formula is C15H21NO. The Morgan fingerprint density at radius 3 is 3.12 bits per heavy atom. The third kappa shape index (κ3) is 2.93. The first kappa shape index (κ1) is 12.3. The highest BCUT2D eigenvalue weighted by Gasteiger charge is 2.29. The van der Waals surface area contributed by atoms with Crippen LogP contribution in [0.5, 0.6) is 0 Å². The van der Waals surface area contributed by atoms with Gasteiger partial charge >= 0.3 is 0 Å². The zero-order valence-electron chi connectivity index (χ0n) is 10.6. The van der Waals surface area contributed by atoms with Crippen LogP contribution in [0.15, 0.2) is 40.6 Å². The molecule has 17 heavy (non-hydrogen) atoms. The van der Waals surface area contributed by atoms with Crippen LogP contribution in [0.4, 0.5) is 0 Å². The van der Waals surface area contributed by atoms with E-state index in [2.05, 4.69) is 36.4 Å². The van der Waals surface area contributed by atoms with E-state index in [1.54, 1.807) is 0 Å². The van der Waals surface area contributed by atoms with Gasteiger partial charge in [0, 0.05) is 0 Å². The van der Waals surface area contributed by atoms with Gasteiger partial charge in [-0.2, -0.15) is 4.91 Å². The summed E-state index contributed by atoms with van der Waals surface area (Å²) in [7, 11) is 0. The first-order chi connectivity index (χ1) is 8.24. The fourth-order valence-corrected chi connectivity index (χ4v) is 2.88. The van der Waals surface area contributed by atoms with Crippen molar-refractivity contribution < 1.29 is 0 Å². The summed E-state index contributed by atoms with van der Waals surface area (Å²) >= 11 is 0. The third-order valence-corrected chi connectivity index (χ3v) is 4.12. The van der Waals surface area contributed by atoms with E-state index in [1.165, 1.54) is 36.8 Å². The summed E-state index contributed by atoms with van der Waals surface area (Å²) in [4.78, 5) is 10.4. The largest absolute Gasteiger partial charge is 0.151 e. The van der Waals surface area contributed by atoms with Crippen molar-refractivity contribution in [2.45, 2.75) is 45.4 Å². The van der Waals surface area contributed by atoms with Crippen molar-refractivity contribution in [1.29, 1.82) is 0 Å². The maximum Gasteiger partial charge on any atom is 0.0819 e. The summed E-state index contributed by atoms with van der Waals surface area (Å²) in [5.41, 5.74) is 3.10. The third-order valence-electron chi connectivity index (χ3n) is 4.12. The van der Waals surface area contributed by atoms with E-state index in [1.807, 2.05) is 0 Å². The molecule has 2 bridgehead atoms. The zero-order chi connectivity index (χ0) is 12.1. The van der Waals surface area contributed by atoms with Gasteiger partial charge in [-0.3, -0.25) is 0 Å².